The number of hydrogen-bond donors (Lipinski definition) is 1. The van der Waals surface area contributed by atoms with Crippen molar-refractivity contribution in [1.29, 1.82) is 0 Å². The summed E-state index contributed by atoms with van der Waals surface area (Å²) in [4.78, 5) is 6.48. The predicted molar refractivity (Wildman–Crippen MR) is 86.3 cm³/mol. The van der Waals surface area contributed by atoms with Crippen molar-refractivity contribution in [3.63, 3.8) is 0 Å². The van der Waals surface area contributed by atoms with Gasteiger partial charge in [-0.25, -0.2) is 4.98 Å². The molecular weight excluding hydrogens is 264 g/mol. The number of hydrogen-bond acceptors (Lipinski definition) is 3. The maximum absolute atomic E-state index is 5.01. The number of nitrogens with zero attached hydrogens (tertiary/aromatic N) is 1. The van der Waals surface area contributed by atoms with Crippen molar-refractivity contribution in [1.82, 2.24) is 10.3 Å². The molecule has 2 aliphatic carbocycles. The molecule has 0 aromatic carbocycles. The van der Waals surface area contributed by atoms with Crippen LogP contribution in [-0.2, 0) is 13.0 Å². The first-order valence-electron chi connectivity index (χ1n) is 8.19. The largest absolute Gasteiger partial charge is 0.307 e. The van der Waals surface area contributed by atoms with Crippen LogP contribution in [0.4, 0.5) is 0 Å². The molecule has 0 radical (unpaired) electrons. The van der Waals surface area contributed by atoms with E-state index < -0.39 is 0 Å². The van der Waals surface area contributed by atoms with E-state index in [0.717, 1.165) is 30.7 Å². The molecule has 0 spiro atoms. The van der Waals surface area contributed by atoms with Crippen molar-refractivity contribution in [2.24, 2.45) is 11.8 Å². The quantitative estimate of drug-likeness (QED) is 0.884. The van der Waals surface area contributed by atoms with Crippen LogP contribution in [0.3, 0.4) is 0 Å². The molecule has 3 atom stereocenters. The number of aryl methyl sites for hydroxylation is 1. The summed E-state index contributed by atoms with van der Waals surface area (Å²) in [5.74, 6) is 2.74. The Hall–Kier alpha value is -0.410. The van der Waals surface area contributed by atoms with Gasteiger partial charge in [0, 0.05) is 22.9 Å². The van der Waals surface area contributed by atoms with E-state index in [1.807, 2.05) is 11.3 Å². The van der Waals surface area contributed by atoms with Gasteiger partial charge in [-0.2, -0.15) is 0 Å². The first-order valence-corrected chi connectivity index (χ1v) is 9.01. The summed E-state index contributed by atoms with van der Waals surface area (Å²) >= 11 is 1.99. The lowest BCUT2D eigenvalue weighted by atomic mass is 9.89. The summed E-state index contributed by atoms with van der Waals surface area (Å²) in [6.45, 7) is 9.91. The van der Waals surface area contributed by atoms with Gasteiger partial charge in [-0.1, -0.05) is 13.3 Å². The van der Waals surface area contributed by atoms with Crippen molar-refractivity contribution in [3.8, 4) is 0 Å². The summed E-state index contributed by atoms with van der Waals surface area (Å²) in [5.41, 5.74) is 1.52. The maximum Gasteiger partial charge on any atom is 0.0965 e. The molecule has 1 N–H and O–H groups in total. The summed E-state index contributed by atoms with van der Waals surface area (Å²) in [6.07, 6.45) is 6.88. The van der Waals surface area contributed by atoms with Crippen molar-refractivity contribution >= 4 is 11.3 Å². The van der Waals surface area contributed by atoms with E-state index >= 15 is 0 Å². The van der Waals surface area contributed by atoms with Gasteiger partial charge in [0.25, 0.3) is 0 Å². The lowest BCUT2D eigenvalue weighted by Gasteiger charge is -2.20. The van der Waals surface area contributed by atoms with Gasteiger partial charge in [0.1, 0.15) is 0 Å². The number of rotatable bonds is 4. The molecule has 112 valence electrons. The Bertz CT molecular complexity index is 472. The zero-order valence-corrected chi connectivity index (χ0v) is 14.1. The van der Waals surface area contributed by atoms with E-state index in [0.29, 0.717) is 0 Å². The first-order chi connectivity index (χ1) is 9.46. The normalized spacial score (nSPS) is 29.3. The molecule has 0 amide bonds. The van der Waals surface area contributed by atoms with Gasteiger partial charge < -0.3 is 5.32 Å². The molecule has 1 aromatic heterocycles. The van der Waals surface area contributed by atoms with Crippen LogP contribution in [-0.4, -0.2) is 10.5 Å². The van der Waals surface area contributed by atoms with Crippen molar-refractivity contribution in [3.05, 3.63) is 15.6 Å². The van der Waals surface area contributed by atoms with E-state index in [-0.39, 0.29) is 5.54 Å². The Balaban J connectivity index is 1.75. The number of aromatic nitrogens is 1. The molecule has 20 heavy (non-hydrogen) atoms. The minimum absolute atomic E-state index is 0.182. The second-order valence-electron chi connectivity index (χ2n) is 7.66. The number of thiazole rings is 1. The van der Waals surface area contributed by atoms with E-state index in [1.165, 1.54) is 41.3 Å². The predicted octanol–water partition coefficient (Wildman–Crippen LogP) is 4.50. The van der Waals surface area contributed by atoms with Gasteiger partial charge in [0.2, 0.25) is 0 Å². The second-order valence-corrected chi connectivity index (χ2v) is 8.78. The van der Waals surface area contributed by atoms with Gasteiger partial charge in [-0.3, -0.25) is 0 Å². The van der Waals surface area contributed by atoms with Crippen LogP contribution in [0, 0.1) is 11.8 Å². The average molecular weight is 292 g/mol. The molecule has 2 bridgehead atoms. The minimum Gasteiger partial charge on any atom is -0.307 e. The van der Waals surface area contributed by atoms with Crippen LogP contribution in [0.2, 0.25) is 0 Å². The molecule has 0 saturated heterocycles. The highest BCUT2D eigenvalue weighted by atomic mass is 32.1. The molecule has 2 aliphatic rings. The third kappa shape index (κ3) is 2.94. The van der Waals surface area contributed by atoms with Crippen LogP contribution < -0.4 is 5.32 Å². The average Bonchev–Trinajstić information content (AvgIpc) is 3.09. The van der Waals surface area contributed by atoms with E-state index in [1.54, 1.807) is 0 Å². The van der Waals surface area contributed by atoms with Crippen LogP contribution in [0.5, 0.6) is 0 Å². The van der Waals surface area contributed by atoms with E-state index in [2.05, 4.69) is 33.0 Å². The molecule has 2 saturated carbocycles. The highest BCUT2D eigenvalue weighted by Crippen LogP contribution is 2.53. The first kappa shape index (κ1) is 14.5. The Morgan fingerprint density at radius 2 is 2.05 bits per heavy atom. The SMILES string of the molecule is CCc1nc(C2CC3CCC2C3)sc1CNC(C)(C)C. The fourth-order valence-electron chi connectivity index (χ4n) is 3.87. The van der Waals surface area contributed by atoms with Gasteiger partial charge in [-0.15, -0.1) is 11.3 Å². The van der Waals surface area contributed by atoms with Crippen LogP contribution in [0.1, 0.15) is 74.9 Å². The summed E-state index contributed by atoms with van der Waals surface area (Å²) in [6, 6.07) is 0. The maximum atomic E-state index is 5.01. The third-order valence-electron chi connectivity index (χ3n) is 4.96. The highest BCUT2D eigenvalue weighted by molar-refractivity contribution is 7.11. The summed E-state index contributed by atoms with van der Waals surface area (Å²) in [7, 11) is 0. The van der Waals surface area contributed by atoms with Crippen molar-refractivity contribution in [2.45, 2.75) is 77.8 Å². The van der Waals surface area contributed by atoms with Gasteiger partial charge in [0.05, 0.1) is 10.7 Å². The lowest BCUT2D eigenvalue weighted by Crippen LogP contribution is -2.35. The molecular formula is C17H28N2S. The second kappa shape index (κ2) is 5.42. The zero-order valence-electron chi connectivity index (χ0n) is 13.3. The van der Waals surface area contributed by atoms with Crippen molar-refractivity contribution < 1.29 is 0 Å². The Kier molecular flexibility index (Phi) is 3.93. The highest BCUT2D eigenvalue weighted by Gasteiger charge is 2.41. The molecule has 3 unspecified atom stereocenters. The standard InChI is InChI=1S/C17H28N2S/c1-5-14-15(10-18-17(2,3)4)20-16(19-14)13-9-11-6-7-12(13)8-11/h11-13,18H,5-10H2,1-4H3. The molecule has 2 nitrogen and oxygen atoms in total. The number of fused-ring (bicyclic) bond motifs is 2. The number of nitrogens with one attached hydrogen (secondary N) is 1. The molecule has 1 heterocycles. The van der Waals surface area contributed by atoms with Crippen LogP contribution >= 0.6 is 11.3 Å². The topological polar surface area (TPSA) is 24.9 Å². The Morgan fingerprint density at radius 1 is 1.25 bits per heavy atom. The third-order valence-corrected chi connectivity index (χ3v) is 6.19. The molecule has 2 fully saturated rings. The smallest absolute Gasteiger partial charge is 0.0965 e. The Morgan fingerprint density at radius 3 is 2.60 bits per heavy atom. The van der Waals surface area contributed by atoms with Crippen LogP contribution in [0.15, 0.2) is 0 Å². The Labute approximate surface area is 127 Å². The molecule has 1 aromatic rings. The minimum atomic E-state index is 0.182. The monoisotopic (exact) mass is 292 g/mol. The van der Waals surface area contributed by atoms with E-state index in [4.69, 9.17) is 4.98 Å². The molecule has 3 rings (SSSR count). The molecule has 3 heteroatoms. The van der Waals surface area contributed by atoms with Crippen molar-refractivity contribution in [2.75, 3.05) is 0 Å². The molecule has 0 aliphatic heterocycles. The van der Waals surface area contributed by atoms with Gasteiger partial charge >= 0.3 is 0 Å². The van der Waals surface area contributed by atoms with Gasteiger partial charge in [-0.05, 0) is 58.3 Å². The van der Waals surface area contributed by atoms with Gasteiger partial charge in [0.15, 0.2) is 0 Å². The van der Waals surface area contributed by atoms with E-state index in [9.17, 15) is 0 Å². The van der Waals surface area contributed by atoms with Crippen LogP contribution in [0.25, 0.3) is 0 Å². The zero-order chi connectivity index (χ0) is 14.3. The lowest BCUT2D eigenvalue weighted by molar-refractivity contribution is 0.418. The fraction of sp³-hybridized carbons (Fsp3) is 0.824. The fourth-order valence-corrected chi connectivity index (χ4v) is 5.17. The summed E-state index contributed by atoms with van der Waals surface area (Å²) in [5, 5.41) is 5.07. The summed E-state index contributed by atoms with van der Waals surface area (Å²) < 4.78 is 0.